The minimum atomic E-state index is -0.260. The summed E-state index contributed by atoms with van der Waals surface area (Å²) in [4.78, 5) is 15.5. The molecule has 0 unspecified atom stereocenters. The Hall–Kier alpha value is -1.43. The molecule has 2 rings (SSSR count). The van der Waals surface area contributed by atoms with Crippen LogP contribution in [0.5, 0.6) is 0 Å². The van der Waals surface area contributed by atoms with Crippen molar-refractivity contribution in [1.82, 2.24) is 20.5 Å². The fourth-order valence-corrected chi connectivity index (χ4v) is 1.97. The maximum atomic E-state index is 11.5. The zero-order valence-corrected chi connectivity index (χ0v) is 10.0. The van der Waals surface area contributed by atoms with Crippen molar-refractivity contribution in [3.63, 3.8) is 0 Å². The molecule has 0 atom stereocenters. The molecule has 17 heavy (non-hydrogen) atoms. The molecule has 6 nitrogen and oxygen atoms in total. The number of H-pyrrole nitrogens is 1. The molecule has 0 bridgehead atoms. The summed E-state index contributed by atoms with van der Waals surface area (Å²) >= 11 is 0. The third kappa shape index (κ3) is 3.52. The number of carbonyl (C=O) groups excluding carboxylic acids is 1. The number of aromatic amines is 1. The molecule has 1 aliphatic carbocycles. The highest BCUT2D eigenvalue weighted by Gasteiger charge is 2.15. The molecule has 6 heteroatoms. The topological polar surface area (TPSA) is 79.9 Å². The largest absolute Gasteiger partial charge is 0.376 e. The van der Waals surface area contributed by atoms with Crippen LogP contribution in [-0.2, 0) is 4.74 Å². The number of rotatable bonds is 5. The molecular formula is C11H18N4O2. The van der Waals surface area contributed by atoms with Crippen molar-refractivity contribution >= 4 is 5.91 Å². The first kappa shape index (κ1) is 12.0. The van der Waals surface area contributed by atoms with Gasteiger partial charge in [0.25, 0.3) is 5.91 Å². The van der Waals surface area contributed by atoms with Crippen LogP contribution < -0.4 is 5.32 Å². The second kappa shape index (κ2) is 5.77. The van der Waals surface area contributed by atoms with Crippen LogP contribution in [0.1, 0.15) is 42.1 Å². The molecule has 0 radical (unpaired) electrons. The van der Waals surface area contributed by atoms with Crippen LogP contribution in [0.25, 0.3) is 0 Å². The number of hydrogen-bond acceptors (Lipinski definition) is 4. The Labute approximate surface area is 100 Å². The Morgan fingerprint density at radius 1 is 1.53 bits per heavy atom. The number of amides is 1. The normalized spacial score (nSPS) is 16.3. The Bertz CT molecular complexity index is 371. The molecule has 94 valence electrons. The lowest BCUT2D eigenvalue weighted by Gasteiger charge is -2.10. The van der Waals surface area contributed by atoms with Crippen molar-refractivity contribution in [1.29, 1.82) is 0 Å². The van der Waals surface area contributed by atoms with Crippen molar-refractivity contribution in [2.75, 3.05) is 13.2 Å². The van der Waals surface area contributed by atoms with Crippen LogP contribution in [0, 0.1) is 6.92 Å². The van der Waals surface area contributed by atoms with E-state index < -0.39 is 0 Å². The third-order valence-electron chi connectivity index (χ3n) is 2.84. The van der Waals surface area contributed by atoms with Crippen molar-refractivity contribution in [3.05, 3.63) is 11.6 Å². The first-order chi connectivity index (χ1) is 8.25. The van der Waals surface area contributed by atoms with Crippen LogP contribution in [0.15, 0.2) is 0 Å². The summed E-state index contributed by atoms with van der Waals surface area (Å²) in [6.45, 7) is 2.82. The van der Waals surface area contributed by atoms with E-state index in [1.807, 2.05) is 0 Å². The lowest BCUT2D eigenvalue weighted by molar-refractivity contribution is 0.0580. The van der Waals surface area contributed by atoms with E-state index in [0.717, 1.165) is 12.8 Å². The summed E-state index contributed by atoms with van der Waals surface area (Å²) in [5.74, 6) is 0.560. The molecule has 1 aromatic rings. The standard InChI is InChI=1S/C11H18N4O2/c1-8-13-10(15-14-8)11(16)12-6-7-17-9-4-2-3-5-9/h9H,2-7H2,1H3,(H,12,16)(H,13,14,15). The molecule has 1 saturated carbocycles. The van der Waals surface area contributed by atoms with E-state index >= 15 is 0 Å². The van der Waals surface area contributed by atoms with Crippen molar-refractivity contribution in [2.24, 2.45) is 0 Å². The van der Waals surface area contributed by atoms with Gasteiger partial charge in [0, 0.05) is 6.54 Å². The molecule has 0 aromatic carbocycles. The van der Waals surface area contributed by atoms with Crippen LogP contribution in [0.4, 0.5) is 0 Å². The van der Waals surface area contributed by atoms with E-state index in [9.17, 15) is 4.79 Å². The molecule has 1 aliphatic rings. The molecule has 0 aliphatic heterocycles. The summed E-state index contributed by atoms with van der Waals surface area (Å²) < 4.78 is 5.63. The number of nitrogens with one attached hydrogen (secondary N) is 2. The highest BCUT2D eigenvalue weighted by Crippen LogP contribution is 2.20. The zero-order chi connectivity index (χ0) is 12.1. The summed E-state index contributed by atoms with van der Waals surface area (Å²) in [7, 11) is 0. The Morgan fingerprint density at radius 3 is 2.94 bits per heavy atom. The minimum absolute atomic E-state index is 0.184. The molecule has 0 spiro atoms. The maximum absolute atomic E-state index is 11.5. The minimum Gasteiger partial charge on any atom is -0.376 e. The Balaban J connectivity index is 1.63. The van der Waals surface area contributed by atoms with Crippen LogP contribution >= 0.6 is 0 Å². The van der Waals surface area contributed by atoms with E-state index in [4.69, 9.17) is 4.74 Å². The lowest BCUT2D eigenvalue weighted by Crippen LogP contribution is -2.29. The van der Waals surface area contributed by atoms with E-state index in [1.54, 1.807) is 6.92 Å². The maximum Gasteiger partial charge on any atom is 0.291 e. The number of carbonyl (C=O) groups is 1. The van der Waals surface area contributed by atoms with Gasteiger partial charge in [-0.2, -0.15) is 0 Å². The van der Waals surface area contributed by atoms with E-state index in [1.165, 1.54) is 12.8 Å². The van der Waals surface area contributed by atoms with Gasteiger partial charge < -0.3 is 10.1 Å². The average Bonchev–Trinajstić information content (AvgIpc) is 2.95. The zero-order valence-electron chi connectivity index (χ0n) is 10.0. The van der Waals surface area contributed by atoms with Gasteiger partial charge in [-0.05, 0) is 19.8 Å². The fourth-order valence-electron chi connectivity index (χ4n) is 1.97. The van der Waals surface area contributed by atoms with Gasteiger partial charge in [-0.15, -0.1) is 5.10 Å². The third-order valence-corrected chi connectivity index (χ3v) is 2.84. The van der Waals surface area contributed by atoms with Crippen molar-refractivity contribution in [3.8, 4) is 0 Å². The van der Waals surface area contributed by atoms with Gasteiger partial charge in [0.2, 0.25) is 5.82 Å². The second-order valence-electron chi connectivity index (χ2n) is 4.28. The molecule has 1 fully saturated rings. The number of aryl methyl sites for hydroxylation is 1. The van der Waals surface area contributed by atoms with Gasteiger partial charge in [0.15, 0.2) is 0 Å². The highest BCUT2D eigenvalue weighted by molar-refractivity contribution is 5.90. The lowest BCUT2D eigenvalue weighted by atomic mass is 10.3. The van der Waals surface area contributed by atoms with Crippen LogP contribution in [-0.4, -0.2) is 40.3 Å². The van der Waals surface area contributed by atoms with Crippen LogP contribution in [0.3, 0.4) is 0 Å². The Morgan fingerprint density at radius 2 is 2.29 bits per heavy atom. The van der Waals surface area contributed by atoms with E-state index in [2.05, 4.69) is 20.5 Å². The van der Waals surface area contributed by atoms with Gasteiger partial charge in [0.1, 0.15) is 5.82 Å². The first-order valence-corrected chi connectivity index (χ1v) is 6.04. The summed E-state index contributed by atoms with van der Waals surface area (Å²) in [6.07, 6.45) is 5.20. The molecule has 1 heterocycles. The monoisotopic (exact) mass is 238 g/mol. The number of aromatic nitrogens is 3. The Kier molecular flexibility index (Phi) is 4.08. The molecule has 1 amide bonds. The van der Waals surface area contributed by atoms with E-state index in [-0.39, 0.29) is 11.7 Å². The summed E-state index contributed by atoms with van der Waals surface area (Å²) in [5, 5.41) is 9.14. The van der Waals surface area contributed by atoms with Gasteiger partial charge in [-0.3, -0.25) is 9.89 Å². The molecule has 1 aromatic heterocycles. The van der Waals surface area contributed by atoms with E-state index in [0.29, 0.717) is 25.1 Å². The van der Waals surface area contributed by atoms with Crippen LogP contribution in [0.2, 0.25) is 0 Å². The van der Waals surface area contributed by atoms with Gasteiger partial charge in [0.05, 0.1) is 12.7 Å². The average molecular weight is 238 g/mol. The molecule has 0 saturated heterocycles. The predicted octanol–water partition coefficient (Wildman–Crippen LogP) is 0.802. The number of ether oxygens (including phenoxy) is 1. The molecular weight excluding hydrogens is 220 g/mol. The second-order valence-corrected chi connectivity index (χ2v) is 4.28. The summed E-state index contributed by atoms with van der Waals surface area (Å²) in [5.41, 5.74) is 0. The van der Waals surface area contributed by atoms with Crippen molar-refractivity contribution in [2.45, 2.75) is 38.7 Å². The van der Waals surface area contributed by atoms with Gasteiger partial charge in [-0.1, -0.05) is 12.8 Å². The number of nitrogens with zero attached hydrogens (tertiary/aromatic N) is 2. The smallest absolute Gasteiger partial charge is 0.291 e. The van der Waals surface area contributed by atoms with Crippen molar-refractivity contribution < 1.29 is 9.53 Å². The van der Waals surface area contributed by atoms with Gasteiger partial charge in [-0.25, -0.2) is 4.98 Å². The number of hydrogen-bond donors (Lipinski definition) is 2. The fraction of sp³-hybridized carbons (Fsp3) is 0.727. The van der Waals surface area contributed by atoms with Gasteiger partial charge >= 0.3 is 0 Å². The summed E-state index contributed by atoms with van der Waals surface area (Å²) in [6, 6.07) is 0. The quantitative estimate of drug-likeness (QED) is 0.744. The predicted molar refractivity (Wildman–Crippen MR) is 61.7 cm³/mol. The highest BCUT2D eigenvalue weighted by atomic mass is 16.5. The first-order valence-electron chi connectivity index (χ1n) is 6.04. The molecule has 2 N–H and O–H groups in total. The SMILES string of the molecule is Cc1nc(C(=O)NCCOC2CCCC2)n[nH]1.